The van der Waals surface area contributed by atoms with Gasteiger partial charge < -0.3 is 11.5 Å². The van der Waals surface area contributed by atoms with Gasteiger partial charge in [-0.25, -0.2) is 0 Å². The zero-order valence-electron chi connectivity index (χ0n) is 24.6. The molecule has 224 valence electrons. The van der Waals surface area contributed by atoms with Crippen molar-refractivity contribution in [1.29, 1.82) is 0 Å². The Morgan fingerprint density at radius 3 is 0.703 bits per heavy atom. The van der Waals surface area contributed by atoms with Gasteiger partial charge in [0.15, 0.2) is 0 Å². The van der Waals surface area contributed by atoms with Crippen LogP contribution in [0.3, 0.4) is 0 Å². The summed E-state index contributed by atoms with van der Waals surface area (Å²) in [7, 11) is 0. The van der Waals surface area contributed by atoms with Gasteiger partial charge >= 0.3 is 6.18 Å². The highest BCUT2D eigenvalue weighted by molar-refractivity contribution is 4.68. The number of hydrogen-bond acceptors (Lipinski definition) is 2. The lowest BCUT2D eigenvalue weighted by Gasteiger charge is -2.20. The molecule has 0 fully saturated rings. The van der Waals surface area contributed by atoms with Gasteiger partial charge in [-0.05, 0) is 38.8 Å². The van der Waals surface area contributed by atoms with Crippen molar-refractivity contribution in [2.75, 3.05) is 13.1 Å². The second kappa shape index (κ2) is 28.7. The molecule has 0 rings (SSSR count). The van der Waals surface area contributed by atoms with Crippen LogP contribution in [-0.2, 0) is 0 Å². The topological polar surface area (TPSA) is 52.0 Å². The van der Waals surface area contributed by atoms with E-state index in [2.05, 4.69) is 0 Å². The zero-order valence-corrected chi connectivity index (χ0v) is 24.6. The van der Waals surface area contributed by atoms with Gasteiger partial charge in [-0.1, -0.05) is 154 Å². The monoisotopic (exact) mass is 535 g/mol. The Hall–Kier alpha value is -0.290. The Morgan fingerprint density at radius 2 is 0.514 bits per heavy atom. The van der Waals surface area contributed by atoms with E-state index in [4.69, 9.17) is 11.5 Å². The molecule has 0 unspecified atom stereocenters. The van der Waals surface area contributed by atoms with Gasteiger partial charge in [-0.3, -0.25) is 0 Å². The Morgan fingerprint density at radius 1 is 0.324 bits per heavy atom. The Balaban J connectivity index is 3.52. The summed E-state index contributed by atoms with van der Waals surface area (Å²) in [4.78, 5) is 0. The Bertz CT molecular complexity index is 397. The highest BCUT2D eigenvalue weighted by Gasteiger charge is 2.38. The molecule has 2 nitrogen and oxygen atoms in total. The average Bonchev–Trinajstić information content (AvgIpc) is 2.87. The smallest absolute Gasteiger partial charge is 0.330 e. The van der Waals surface area contributed by atoms with Crippen LogP contribution in [0.1, 0.15) is 180 Å². The number of halogens is 3. The maximum absolute atomic E-state index is 13.4. The quantitative estimate of drug-likeness (QED) is 0.0900. The third-order valence-corrected chi connectivity index (χ3v) is 7.98. The van der Waals surface area contributed by atoms with E-state index in [-0.39, 0.29) is 0 Å². The largest absolute Gasteiger partial charge is 0.391 e. The van der Waals surface area contributed by atoms with Crippen molar-refractivity contribution >= 4 is 0 Å². The van der Waals surface area contributed by atoms with Crippen LogP contribution >= 0.6 is 0 Å². The van der Waals surface area contributed by atoms with Crippen LogP contribution in [0.25, 0.3) is 0 Å². The molecular weight excluding hydrogens is 469 g/mol. The minimum absolute atomic E-state index is 0.333. The molecule has 0 bridgehead atoms. The normalized spacial score (nSPS) is 12.2. The first-order chi connectivity index (χ1) is 18.0. The van der Waals surface area contributed by atoms with E-state index in [0.717, 1.165) is 64.5 Å². The molecule has 0 aliphatic heterocycles. The van der Waals surface area contributed by atoms with Crippen molar-refractivity contribution in [2.45, 2.75) is 186 Å². The molecule has 37 heavy (non-hydrogen) atoms. The van der Waals surface area contributed by atoms with Crippen LogP contribution in [0.5, 0.6) is 0 Å². The number of nitrogens with two attached hydrogens (primary N) is 2. The van der Waals surface area contributed by atoms with Gasteiger partial charge in [0.1, 0.15) is 0 Å². The lowest BCUT2D eigenvalue weighted by Crippen LogP contribution is -2.22. The molecule has 0 heterocycles. The molecular formula is C32H65F3N2. The molecule has 0 radical (unpaired) electrons. The number of alkyl halides is 3. The van der Waals surface area contributed by atoms with E-state index in [9.17, 15) is 13.2 Å². The van der Waals surface area contributed by atoms with Gasteiger partial charge in [0, 0.05) is 0 Å². The zero-order chi connectivity index (χ0) is 27.3. The standard InChI is InChI=1S/C32H65F3N2/c33-32(34,35)31(27-23-19-15-11-7-3-1-5-9-13-17-21-25-29-36)28-24-20-16-12-8-4-2-6-10-14-18-22-26-30-37/h31H,1-30,36-37H2. The molecule has 4 N–H and O–H groups in total. The molecule has 0 aliphatic rings. The number of hydrogen-bond donors (Lipinski definition) is 2. The van der Waals surface area contributed by atoms with Crippen molar-refractivity contribution in [3.05, 3.63) is 0 Å². The molecule has 0 aromatic heterocycles. The fourth-order valence-electron chi connectivity index (χ4n) is 5.43. The van der Waals surface area contributed by atoms with E-state index in [1.165, 1.54) is 116 Å². The average molecular weight is 535 g/mol. The molecule has 5 heteroatoms. The minimum Gasteiger partial charge on any atom is -0.330 e. The molecule has 0 aromatic carbocycles. The third-order valence-electron chi connectivity index (χ3n) is 7.98. The second-order valence-corrected chi connectivity index (χ2v) is 11.6. The predicted octanol–water partition coefficient (Wildman–Crippen LogP) is 11.0. The van der Waals surface area contributed by atoms with Crippen LogP contribution in [-0.4, -0.2) is 19.3 Å². The molecule has 0 saturated heterocycles. The lowest BCUT2D eigenvalue weighted by molar-refractivity contribution is -0.178. The fourth-order valence-corrected chi connectivity index (χ4v) is 5.43. The summed E-state index contributed by atoms with van der Waals surface area (Å²) in [6.07, 6.45) is 27.7. The van der Waals surface area contributed by atoms with Crippen LogP contribution in [0, 0.1) is 5.92 Å². The van der Waals surface area contributed by atoms with Crippen molar-refractivity contribution in [1.82, 2.24) is 0 Å². The molecule has 0 atom stereocenters. The minimum atomic E-state index is -4.02. The lowest BCUT2D eigenvalue weighted by atomic mass is 9.93. The summed E-state index contributed by atoms with van der Waals surface area (Å²) in [6.45, 7) is 1.63. The van der Waals surface area contributed by atoms with Crippen molar-refractivity contribution in [3.63, 3.8) is 0 Å². The first-order valence-electron chi connectivity index (χ1n) is 16.5. The van der Waals surface area contributed by atoms with Crippen molar-refractivity contribution in [3.8, 4) is 0 Å². The summed E-state index contributed by atoms with van der Waals surface area (Å²) in [5.74, 6) is -1.08. The summed E-state index contributed by atoms with van der Waals surface area (Å²) in [6, 6.07) is 0. The van der Waals surface area contributed by atoms with E-state index in [0.29, 0.717) is 12.8 Å². The summed E-state index contributed by atoms with van der Waals surface area (Å²) < 4.78 is 40.3. The van der Waals surface area contributed by atoms with Crippen molar-refractivity contribution in [2.24, 2.45) is 17.4 Å². The van der Waals surface area contributed by atoms with E-state index in [1.807, 2.05) is 0 Å². The van der Waals surface area contributed by atoms with Crippen LogP contribution in [0.4, 0.5) is 13.2 Å². The van der Waals surface area contributed by atoms with Crippen molar-refractivity contribution < 1.29 is 13.2 Å². The molecule has 0 saturated carbocycles. The SMILES string of the molecule is NCCCCCCCCCCCCCCCC(CCCCCCCCCCCCCCCN)C(F)(F)F. The van der Waals surface area contributed by atoms with Gasteiger partial charge in [0.2, 0.25) is 0 Å². The van der Waals surface area contributed by atoms with Gasteiger partial charge in [0.05, 0.1) is 5.92 Å². The molecule has 0 spiro atoms. The number of unbranched alkanes of at least 4 members (excludes halogenated alkanes) is 24. The third kappa shape index (κ3) is 28.5. The van der Waals surface area contributed by atoms with E-state index < -0.39 is 12.1 Å². The molecule has 0 amide bonds. The highest BCUT2D eigenvalue weighted by atomic mass is 19.4. The highest BCUT2D eigenvalue weighted by Crippen LogP contribution is 2.34. The predicted molar refractivity (Wildman–Crippen MR) is 157 cm³/mol. The maximum Gasteiger partial charge on any atom is 0.391 e. The first kappa shape index (κ1) is 36.7. The number of rotatable bonds is 30. The van der Waals surface area contributed by atoms with Crippen LogP contribution in [0.15, 0.2) is 0 Å². The fraction of sp³-hybridized carbons (Fsp3) is 1.00. The van der Waals surface area contributed by atoms with E-state index in [1.54, 1.807) is 0 Å². The maximum atomic E-state index is 13.4. The summed E-state index contributed by atoms with van der Waals surface area (Å²) in [5, 5.41) is 0. The van der Waals surface area contributed by atoms with Gasteiger partial charge in [-0.15, -0.1) is 0 Å². The first-order valence-corrected chi connectivity index (χ1v) is 16.5. The molecule has 0 aliphatic carbocycles. The Kier molecular flexibility index (Phi) is 28.5. The van der Waals surface area contributed by atoms with Gasteiger partial charge in [0.25, 0.3) is 0 Å². The van der Waals surface area contributed by atoms with Crippen LogP contribution in [0.2, 0.25) is 0 Å². The molecule has 0 aromatic rings. The second-order valence-electron chi connectivity index (χ2n) is 11.6. The van der Waals surface area contributed by atoms with Crippen LogP contribution < -0.4 is 11.5 Å². The van der Waals surface area contributed by atoms with E-state index >= 15 is 0 Å². The summed E-state index contributed by atoms with van der Waals surface area (Å²) >= 11 is 0. The summed E-state index contributed by atoms with van der Waals surface area (Å²) in [5.41, 5.74) is 11.0. The Labute approximate surface area is 229 Å². The van der Waals surface area contributed by atoms with Gasteiger partial charge in [-0.2, -0.15) is 13.2 Å².